The second kappa shape index (κ2) is 6.93. The Labute approximate surface area is 137 Å². The number of nitrogens with two attached hydrogens (primary N) is 1. The lowest BCUT2D eigenvalue weighted by molar-refractivity contribution is 0.332. The first kappa shape index (κ1) is 15.7. The van der Waals surface area contributed by atoms with Crippen LogP contribution in [-0.4, -0.2) is 43.6 Å². The Kier molecular flexibility index (Phi) is 4.73. The van der Waals surface area contributed by atoms with Crippen LogP contribution >= 0.6 is 0 Å². The van der Waals surface area contributed by atoms with Crippen LogP contribution in [0.5, 0.6) is 0 Å². The van der Waals surface area contributed by atoms with Gasteiger partial charge >= 0.3 is 0 Å². The van der Waals surface area contributed by atoms with Gasteiger partial charge in [-0.05, 0) is 19.4 Å². The second-order valence-corrected chi connectivity index (χ2v) is 5.98. The van der Waals surface area contributed by atoms with Crippen LogP contribution in [0.4, 0.5) is 0 Å². The third-order valence-electron chi connectivity index (χ3n) is 4.02. The number of allylic oxidation sites excluding steroid dienone is 1. The van der Waals surface area contributed by atoms with Gasteiger partial charge in [-0.25, -0.2) is 4.99 Å². The Hall–Kier alpha value is -2.18. The highest BCUT2D eigenvalue weighted by atomic mass is 15.3. The molecule has 1 unspecified atom stereocenters. The minimum absolute atomic E-state index is 0.826. The molecule has 0 aromatic heterocycles. The lowest BCUT2D eigenvalue weighted by Gasteiger charge is -2.32. The molecule has 0 spiro atoms. The highest BCUT2D eigenvalue weighted by Crippen LogP contribution is 2.20. The number of aryl methyl sites for hydroxylation is 1. The summed E-state index contributed by atoms with van der Waals surface area (Å²) in [6, 6.07) is 8.10. The first-order valence-electron chi connectivity index (χ1n) is 8.00. The van der Waals surface area contributed by atoms with Gasteiger partial charge < -0.3 is 10.6 Å². The molecule has 0 bridgehead atoms. The number of hydrogen-bond donors (Lipinski definition) is 3. The summed E-state index contributed by atoms with van der Waals surface area (Å²) in [5.41, 5.74) is 8.55. The standard InChI is InChI=1S/C17H24N6/c1-14-4-2-5-15(12-14)17(18)21-8-6-16(22-17)20-7-3-10-23-11-9-19-13-23/h2,4-6,8-9,12,20,22H,3,7,10-11,13,18H2,1H3. The average Bonchev–Trinajstić information content (AvgIpc) is 3.05. The summed E-state index contributed by atoms with van der Waals surface area (Å²) in [5.74, 6) is -0.00649. The van der Waals surface area contributed by atoms with E-state index in [4.69, 9.17) is 5.73 Å². The van der Waals surface area contributed by atoms with Crippen molar-refractivity contribution in [3.63, 3.8) is 0 Å². The van der Waals surface area contributed by atoms with Gasteiger partial charge in [0.1, 0.15) is 5.82 Å². The molecule has 2 heterocycles. The maximum absolute atomic E-state index is 6.43. The number of nitrogens with zero attached hydrogens (tertiary/aromatic N) is 3. The quantitative estimate of drug-likeness (QED) is 0.682. The van der Waals surface area contributed by atoms with Gasteiger partial charge in [0.2, 0.25) is 5.79 Å². The van der Waals surface area contributed by atoms with Crippen molar-refractivity contribution in [3.05, 3.63) is 47.3 Å². The molecule has 6 nitrogen and oxygen atoms in total. The average molecular weight is 312 g/mol. The van der Waals surface area contributed by atoms with Crippen molar-refractivity contribution >= 4 is 12.4 Å². The minimum Gasteiger partial charge on any atom is -0.372 e. The zero-order valence-electron chi connectivity index (χ0n) is 13.5. The molecule has 0 saturated carbocycles. The Balaban J connectivity index is 1.51. The molecule has 3 rings (SSSR count). The van der Waals surface area contributed by atoms with E-state index >= 15 is 0 Å². The lowest BCUT2D eigenvalue weighted by Crippen LogP contribution is -2.52. The van der Waals surface area contributed by atoms with Gasteiger partial charge in [0.25, 0.3) is 0 Å². The van der Waals surface area contributed by atoms with Crippen molar-refractivity contribution in [1.29, 1.82) is 0 Å². The number of benzene rings is 1. The highest BCUT2D eigenvalue weighted by molar-refractivity contribution is 5.73. The van der Waals surface area contributed by atoms with Gasteiger partial charge in [0.15, 0.2) is 0 Å². The van der Waals surface area contributed by atoms with Crippen LogP contribution in [0.2, 0.25) is 0 Å². The van der Waals surface area contributed by atoms with Crippen LogP contribution in [0.25, 0.3) is 0 Å². The summed E-state index contributed by atoms with van der Waals surface area (Å²) in [6.45, 7) is 5.77. The molecule has 0 aliphatic carbocycles. The summed E-state index contributed by atoms with van der Waals surface area (Å²) >= 11 is 0. The predicted molar refractivity (Wildman–Crippen MR) is 94.3 cm³/mol. The zero-order valence-corrected chi connectivity index (χ0v) is 13.5. The summed E-state index contributed by atoms with van der Waals surface area (Å²) < 4.78 is 0. The van der Waals surface area contributed by atoms with E-state index in [1.165, 1.54) is 5.56 Å². The Morgan fingerprint density at radius 3 is 3.13 bits per heavy atom. The number of hydrogen-bond acceptors (Lipinski definition) is 6. The molecule has 6 heteroatoms. The van der Waals surface area contributed by atoms with Crippen LogP contribution < -0.4 is 16.4 Å². The number of aliphatic imine (C=N–C) groups is 2. The minimum atomic E-state index is -0.911. The molecule has 1 aromatic rings. The first-order chi connectivity index (χ1) is 11.2. The van der Waals surface area contributed by atoms with Gasteiger partial charge in [-0.2, -0.15) is 0 Å². The molecule has 4 N–H and O–H groups in total. The van der Waals surface area contributed by atoms with E-state index in [1.54, 1.807) is 6.21 Å². The summed E-state index contributed by atoms with van der Waals surface area (Å²) in [4.78, 5) is 10.9. The Morgan fingerprint density at radius 1 is 1.43 bits per heavy atom. The largest absolute Gasteiger partial charge is 0.372 e. The fraction of sp³-hybridized carbons (Fsp3) is 0.412. The van der Waals surface area contributed by atoms with Crippen molar-refractivity contribution in [2.24, 2.45) is 15.7 Å². The van der Waals surface area contributed by atoms with Gasteiger partial charge in [-0.1, -0.05) is 29.8 Å². The number of rotatable bonds is 6. The maximum Gasteiger partial charge on any atom is 0.210 e. The third kappa shape index (κ3) is 3.97. The van der Waals surface area contributed by atoms with Crippen molar-refractivity contribution in [3.8, 4) is 0 Å². The molecule has 0 radical (unpaired) electrons. The molecule has 0 amide bonds. The molecule has 1 atom stereocenters. The molecule has 0 fully saturated rings. The molecule has 1 aromatic carbocycles. The van der Waals surface area contributed by atoms with Crippen molar-refractivity contribution in [1.82, 2.24) is 15.5 Å². The van der Waals surface area contributed by atoms with Crippen molar-refractivity contribution < 1.29 is 0 Å². The van der Waals surface area contributed by atoms with Crippen molar-refractivity contribution in [2.75, 3.05) is 26.3 Å². The smallest absolute Gasteiger partial charge is 0.210 e. The van der Waals surface area contributed by atoms with E-state index < -0.39 is 5.79 Å². The van der Waals surface area contributed by atoms with Gasteiger partial charge in [-0.15, -0.1) is 0 Å². The van der Waals surface area contributed by atoms with Crippen LogP contribution in [-0.2, 0) is 5.79 Å². The molecule has 2 aliphatic rings. The fourth-order valence-corrected chi connectivity index (χ4v) is 2.73. The predicted octanol–water partition coefficient (Wildman–Crippen LogP) is 0.903. The van der Waals surface area contributed by atoms with Crippen LogP contribution in [0.3, 0.4) is 0 Å². The maximum atomic E-state index is 6.43. The van der Waals surface area contributed by atoms with Gasteiger partial charge in [0.05, 0.1) is 6.67 Å². The lowest BCUT2D eigenvalue weighted by atomic mass is 10.1. The van der Waals surface area contributed by atoms with E-state index in [1.807, 2.05) is 24.4 Å². The van der Waals surface area contributed by atoms with E-state index in [2.05, 4.69) is 44.6 Å². The van der Waals surface area contributed by atoms with Crippen LogP contribution in [0.15, 0.2) is 46.1 Å². The SMILES string of the molecule is Cc1cccc(C2(N)N=CC=C(NCCCN3CC=NC3)N2)c1. The third-order valence-corrected chi connectivity index (χ3v) is 4.02. The van der Waals surface area contributed by atoms with Crippen LogP contribution in [0.1, 0.15) is 17.5 Å². The molecule has 23 heavy (non-hydrogen) atoms. The monoisotopic (exact) mass is 312 g/mol. The second-order valence-electron chi connectivity index (χ2n) is 5.98. The van der Waals surface area contributed by atoms with E-state index in [0.717, 1.165) is 44.1 Å². The summed E-state index contributed by atoms with van der Waals surface area (Å²) in [6.07, 6.45) is 6.70. The molecule has 0 saturated heterocycles. The van der Waals surface area contributed by atoms with Gasteiger partial charge in [0, 0.05) is 37.6 Å². The van der Waals surface area contributed by atoms with Crippen LogP contribution in [0, 0.1) is 6.92 Å². The van der Waals surface area contributed by atoms with E-state index in [0.29, 0.717) is 0 Å². The number of nitrogens with one attached hydrogen (secondary N) is 2. The van der Waals surface area contributed by atoms with Gasteiger partial charge in [-0.3, -0.25) is 15.6 Å². The van der Waals surface area contributed by atoms with E-state index in [-0.39, 0.29) is 0 Å². The zero-order chi connectivity index (χ0) is 16.1. The molecule has 2 aliphatic heterocycles. The highest BCUT2D eigenvalue weighted by Gasteiger charge is 2.28. The topological polar surface area (TPSA) is 78.0 Å². The Bertz CT molecular complexity index is 628. The summed E-state index contributed by atoms with van der Waals surface area (Å²) in [7, 11) is 0. The Morgan fingerprint density at radius 2 is 2.35 bits per heavy atom. The molecular formula is C17H24N6. The summed E-state index contributed by atoms with van der Waals surface area (Å²) in [5, 5.41) is 6.69. The first-order valence-corrected chi connectivity index (χ1v) is 8.00. The molecular weight excluding hydrogens is 288 g/mol. The molecule has 122 valence electrons. The van der Waals surface area contributed by atoms with Crippen molar-refractivity contribution in [2.45, 2.75) is 19.1 Å². The van der Waals surface area contributed by atoms with E-state index in [9.17, 15) is 0 Å². The normalized spacial score (nSPS) is 23.7. The fourth-order valence-electron chi connectivity index (χ4n) is 2.73.